The van der Waals surface area contributed by atoms with Gasteiger partial charge < -0.3 is 9.84 Å². The van der Waals surface area contributed by atoms with Crippen LogP contribution in [-0.4, -0.2) is 23.2 Å². The fourth-order valence-electron chi connectivity index (χ4n) is 2.51. The van der Waals surface area contributed by atoms with E-state index in [9.17, 15) is 23.1 Å². The van der Waals surface area contributed by atoms with Gasteiger partial charge >= 0.3 is 12.1 Å². The van der Waals surface area contributed by atoms with Gasteiger partial charge in [-0.05, 0) is 30.3 Å². The van der Waals surface area contributed by atoms with Crippen molar-refractivity contribution in [2.45, 2.75) is 6.18 Å². The number of alkyl halides is 3. The van der Waals surface area contributed by atoms with Gasteiger partial charge in [0.25, 0.3) is 0 Å². The van der Waals surface area contributed by atoms with Gasteiger partial charge in [0.15, 0.2) is 0 Å². The van der Waals surface area contributed by atoms with Gasteiger partial charge in [-0.2, -0.15) is 13.2 Å². The molecule has 3 aromatic rings. The molecule has 0 aliphatic rings. The van der Waals surface area contributed by atoms with E-state index in [1.54, 1.807) is 18.2 Å². The van der Waals surface area contributed by atoms with Crippen molar-refractivity contribution in [1.29, 1.82) is 0 Å². The van der Waals surface area contributed by atoms with Gasteiger partial charge in [0.2, 0.25) is 0 Å². The third-order valence-corrected chi connectivity index (χ3v) is 3.73. The number of rotatable bonds is 3. The van der Waals surface area contributed by atoms with E-state index in [0.717, 1.165) is 12.1 Å². The van der Waals surface area contributed by atoms with Crippen molar-refractivity contribution >= 4 is 16.9 Å². The molecule has 25 heavy (non-hydrogen) atoms. The summed E-state index contributed by atoms with van der Waals surface area (Å²) in [5, 5.41) is 9.80. The van der Waals surface area contributed by atoms with E-state index < -0.39 is 17.7 Å². The second kappa shape index (κ2) is 6.08. The lowest BCUT2D eigenvalue weighted by atomic mass is 10.0. The number of hydrogen-bond acceptors (Lipinski definition) is 3. The molecular formula is C18H12F3NO3. The van der Waals surface area contributed by atoms with Gasteiger partial charge in [-0.1, -0.05) is 12.1 Å². The summed E-state index contributed by atoms with van der Waals surface area (Å²) >= 11 is 0. The van der Waals surface area contributed by atoms with Gasteiger partial charge in [-0.3, -0.25) is 0 Å². The number of ether oxygens (including phenoxy) is 1. The Labute approximate surface area is 140 Å². The third kappa shape index (κ3) is 3.26. The van der Waals surface area contributed by atoms with Crippen molar-refractivity contribution in [3.05, 3.63) is 59.7 Å². The van der Waals surface area contributed by atoms with Gasteiger partial charge in [0.1, 0.15) is 5.75 Å². The molecule has 2 aromatic carbocycles. The summed E-state index contributed by atoms with van der Waals surface area (Å²) in [4.78, 5) is 15.8. The number of carbonyl (C=O) groups is 1. The first-order valence-corrected chi connectivity index (χ1v) is 7.19. The summed E-state index contributed by atoms with van der Waals surface area (Å²) < 4.78 is 43.8. The number of methoxy groups -OCH3 is 1. The lowest BCUT2D eigenvalue weighted by Gasteiger charge is -2.11. The molecule has 0 saturated carbocycles. The van der Waals surface area contributed by atoms with Crippen LogP contribution in [0.15, 0.2) is 48.5 Å². The zero-order valence-corrected chi connectivity index (χ0v) is 13.0. The second-order valence-electron chi connectivity index (χ2n) is 5.32. The summed E-state index contributed by atoms with van der Waals surface area (Å²) in [6.07, 6.45) is -4.49. The van der Waals surface area contributed by atoms with Crippen molar-refractivity contribution in [1.82, 2.24) is 4.98 Å². The Bertz CT molecular complexity index is 967. The molecule has 0 fully saturated rings. The Hall–Kier alpha value is -3.09. The molecule has 0 saturated heterocycles. The molecule has 0 bridgehead atoms. The van der Waals surface area contributed by atoms with E-state index in [4.69, 9.17) is 4.74 Å². The summed E-state index contributed by atoms with van der Waals surface area (Å²) in [6, 6.07) is 10.6. The Balaban J connectivity index is 2.24. The number of carboxylic acid groups (broad SMARTS) is 1. The van der Waals surface area contributed by atoms with Crippen LogP contribution >= 0.6 is 0 Å². The fraction of sp³-hybridized carbons (Fsp3) is 0.111. The molecule has 0 aliphatic heterocycles. The first kappa shape index (κ1) is 16.8. The van der Waals surface area contributed by atoms with Crippen LogP contribution in [-0.2, 0) is 6.18 Å². The molecule has 0 unspecified atom stereocenters. The Kier molecular flexibility index (Phi) is 4.08. The van der Waals surface area contributed by atoms with Crippen molar-refractivity contribution in [2.75, 3.05) is 7.11 Å². The SMILES string of the molecule is COc1ccc2c(C(=O)O)cc(-c3cccc(C(F)(F)F)c3)nc2c1. The van der Waals surface area contributed by atoms with Crippen molar-refractivity contribution in [3.63, 3.8) is 0 Å². The minimum absolute atomic E-state index is 0.0416. The molecular weight excluding hydrogens is 335 g/mol. The molecule has 7 heteroatoms. The molecule has 3 rings (SSSR count). The van der Waals surface area contributed by atoms with Crippen LogP contribution in [0.4, 0.5) is 13.2 Å². The van der Waals surface area contributed by atoms with E-state index in [2.05, 4.69) is 4.98 Å². The standard InChI is InChI=1S/C18H12F3NO3/c1-25-12-5-6-13-14(17(23)24)9-15(22-16(13)8-12)10-3-2-4-11(7-10)18(19,20)21/h2-9H,1H3,(H,23,24). The molecule has 4 nitrogen and oxygen atoms in total. The van der Waals surface area contributed by atoms with E-state index >= 15 is 0 Å². The first-order valence-electron chi connectivity index (χ1n) is 7.19. The highest BCUT2D eigenvalue weighted by Gasteiger charge is 2.30. The van der Waals surface area contributed by atoms with Crippen LogP contribution in [0.5, 0.6) is 5.75 Å². The monoisotopic (exact) mass is 347 g/mol. The maximum absolute atomic E-state index is 12.9. The van der Waals surface area contributed by atoms with Crippen molar-refractivity contribution in [2.24, 2.45) is 0 Å². The van der Waals surface area contributed by atoms with Crippen LogP contribution in [0.25, 0.3) is 22.2 Å². The second-order valence-corrected chi connectivity index (χ2v) is 5.32. The fourth-order valence-corrected chi connectivity index (χ4v) is 2.51. The van der Waals surface area contributed by atoms with Gasteiger partial charge in [-0.15, -0.1) is 0 Å². The molecule has 128 valence electrons. The summed E-state index contributed by atoms with van der Waals surface area (Å²) in [5.74, 6) is -0.719. The number of halogens is 3. The predicted octanol–water partition coefficient (Wildman–Crippen LogP) is 4.63. The first-order chi connectivity index (χ1) is 11.8. The Morgan fingerprint density at radius 3 is 2.52 bits per heavy atom. The maximum Gasteiger partial charge on any atom is 0.416 e. The van der Waals surface area contributed by atoms with Gasteiger partial charge in [0, 0.05) is 17.0 Å². The summed E-state index contributed by atoms with van der Waals surface area (Å²) in [6.45, 7) is 0. The van der Waals surface area contributed by atoms with Crippen LogP contribution in [0, 0.1) is 0 Å². The zero-order chi connectivity index (χ0) is 18.2. The minimum atomic E-state index is -4.49. The molecule has 0 atom stereocenters. The molecule has 0 radical (unpaired) electrons. The van der Waals surface area contributed by atoms with Crippen LogP contribution in [0.3, 0.4) is 0 Å². The van der Waals surface area contributed by atoms with Crippen LogP contribution < -0.4 is 4.74 Å². The van der Waals surface area contributed by atoms with Gasteiger partial charge in [-0.25, -0.2) is 9.78 Å². The van der Waals surface area contributed by atoms with Gasteiger partial charge in [0.05, 0.1) is 29.4 Å². The predicted molar refractivity (Wildman–Crippen MR) is 85.7 cm³/mol. The smallest absolute Gasteiger partial charge is 0.416 e. The average Bonchev–Trinajstić information content (AvgIpc) is 2.59. The summed E-state index contributed by atoms with van der Waals surface area (Å²) in [7, 11) is 1.45. The maximum atomic E-state index is 12.9. The quantitative estimate of drug-likeness (QED) is 0.751. The highest BCUT2D eigenvalue weighted by Crippen LogP contribution is 2.33. The number of aromatic nitrogens is 1. The highest BCUT2D eigenvalue weighted by atomic mass is 19.4. The number of fused-ring (bicyclic) bond motifs is 1. The lowest BCUT2D eigenvalue weighted by molar-refractivity contribution is -0.137. The number of hydrogen-bond donors (Lipinski definition) is 1. The van der Waals surface area contributed by atoms with E-state index in [1.165, 1.54) is 25.3 Å². The highest BCUT2D eigenvalue weighted by molar-refractivity contribution is 6.04. The molecule has 1 heterocycles. The van der Waals surface area contributed by atoms with E-state index in [0.29, 0.717) is 16.7 Å². The largest absolute Gasteiger partial charge is 0.497 e. The molecule has 1 N–H and O–H groups in total. The number of carboxylic acids is 1. The average molecular weight is 347 g/mol. The lowest BCUT2D eigenvalue weighted by Crippen LogP contribution is -2.05. The molecule has 0 aliphatic carbocycles. The van der Waals surface area contributed by atoms with Crippen molar-refractivity contribution < 1.29 is 27.8 Å². The Morgan fingerprint density at radius 2 is 1.88 bits per heavy atom. The third-order valence-electron chi connectivity index (χ3n) is 3.73. The number of pyridine rings is 1. The number of nitrogens with zero attached hydrogens (tertiary/aromatic N) is 1. The van der Waals surface area contributed by atoms with Crippen LogP contribution in [0.2, 0.25) is 0 Å². The summed E-state index contributed by atoms with van der Waals surface area (Å²) in [5.41, 5.74) is -0.215. The van der Waals surface area contributed by atoms with Crippen molar-refractivity contribution in [3.8, 4) is 17.0 Å². The topological polar surface area (TPSA) is 59.4 Å². The van der Waals surface area contributed by atoms with E-state index in [-0.39, 0.29) is 16.8 Å². The molecule has 1 aromatic heterocycles. The molecule has 0 spiro atoms. The number of benzene rings is 2. The Morgan fingerprint density at radius 1 is 1.12 bits per heavy atom. The minimum Gasteiger partial charge on any atom is -0.497 e. The zero-order valence-electron chi connectivity index (χ0n) is 13.0. The van der Waals surface area contributed by atoms with E-state index in [1.807, 2.05) is 0 Å². The normalized spacial score (nSPS) is 11.5. The van der Waals surface area contributed by atoms with Crippen LogP contribution in [0.1, 0.15) is 15.9 Å². The number of aromatic carboxylic acids is 1. The molecule has 0 amide bonds.